The average molecular weight is 221 g/mol. The van der Waals surface area contributed by atoms with Crippen molar-refractivity contribution in [1.82, 2.24) is 9.78 Å². The summed E-state index contributed by atoms with van der Waals surface area (Å²) in [4.78, 5) is 10.3. The van der Waals surface area contributed by atoms with Crippen LogP contribution in [0, 0.1) is 5.41 Å². The lowest BCUT2D eigenvalue weighted by Crippen LogP contribution is -2.28. The first-order valence-corrected chi connectivity index (χ1v) is 3.72. The van der Waals surface area contributed by atoms with Crippen molar-refractivity contribution in [2.75, 3.05) is 0 Å². The van der Waals surface area contributed by atoms with Gasteiger partial charge in [0.15, 0.2) is 5.69 Å². The number of alkyl halides is 3. The minimum atomic E-state index is -4.64. The van der Waals surface area contributed by atoms with E-state index in [9.17, 15) is 18.0 Å². The van der Waals surface area contributed by atoms with Gasteiger partial charge in [-0.15, -0.1) is 0 Å². The first-order valence-electron chi connectivity index (χ1n) is 3.72. The van der Waals surface area contributed by atoms with Gasteiger partial charge in [-0.3, -0.25) is 10.2 Å². The molecule has 0 fully saturated rings. The molecule has 0 atom stereocenters. The second-order valence-corrected chi connectivity index (χ2v) is 2.65. The van der Waals surface area contributed by atoms with Gasteiger partial charge in [-0.2, -0.15) is 18.3 Å². The monoisotopic (exact) mass is 221 g/mol. The number of carboxylic acid groups (broad SMARTS) is 1. The van der Waals surface area contributed by atoms with Crippen LogP contribution in [0.5, 0.6) is 0 Å². The third-order valence-corrected chi connectivity index (χ3v) is 1.48. The summed E-state index contributed by atoms with van der Waals surface area (Å²) in [7, 11) is 0. The molecule has 0 saturated carbocycles. The first kappa shape index (κ1) is 11.2. The lowest BCUT2D eigenvalue weighted by molar-refractivity contribution is -0.144. The zero-order valence-electron chi connectivity index (χ0n) is 7.25. The molecular weight excluding hydrogens is 215 g/mol. The van der Waals surface area contributed by atoms with Gasteiger partial charge in [0.05, 0.1) is 0 Å². The molecule has 1 aromatic rings. The van der Waals surface area contributed by atoms with Gasteiger partial charge in [-0.05, 0) is 12.1 Å². The van der Waals surface area contributed by atoms with Crippen LogP contribution >= 0.6 is 0 Å². The lowest BCUT2D eigenvalue weighted by atomic mass is 10.4. The number of hydrogen-bond acceptors (Lipinski definition) is 3. The summed E-state index contributed by atoms with van der Waals surface area (Å²) in [5, 5.41) is 18.5. The van der Waals surface area contributed by atoms with E-state index in [0.29, 0.717) is 10.7 Å². The standard InChI is InChI=1S/C7H6F3N3O2/c8-7(9,10)4-1-2-5(11)13(12-4)3-6(14)15/h1-2,11H,3H2,(H,14,15). The van der Waals surface area contributed by atoms with E-state index in [4.69, 9.17) is 10.5 Å². The van der Waals surface area contributed by atoms with Crippen molar-refractivity contribution in [3.63, 3.8) is 0 Å². The van der Waals surface area contributed by atoms with Crippen LogP contribution in [-0.4, -0.2) is 20.9 Å². The smallest absolute Gasteiger partial charge is 0.435 e. The molecule has 1 rings (SSSR count). The van der Waals surface area contributed by atoms with Crippen molar-refractivity contribution in [3.8, 4) is 0 Å². The molecule has 8 heteroatoms. The van der Waals surface area contributed by atoms with Crippen molar-refractivity contribution in [1.29, 1.82) is 5.41 Å². The predicted molar refractivity (Wildman–Crippen MR) is 40.7 cm³/mol. The number of hydrogen-bond donors (Lipinski definition) is 2. The maximum absolute atomic E-state index is 12.2. The maximum Gasteiger partial charge on any atom is 0.435 e. The molecule has 5 nitrogen and oxygen atoms in total. The summed E-state index contributed by atoms with van der Waals surface area (Å²) in [6.45, 7) is -0.775. The van der Waals surface area contributed by atoms with Crippen LogP contribution in [0.3, 0.4) is 0 Å². The van der Waals surface area contributed by atoms with E-state index in [1.54, 1.807) is 0 Å². The highest BCUT2D eigenvalue weighted by atomic mass is 19.4. The molecule has 0 radical (unpaired) electrons. The van der Waals surface area contributed by atoms with Gasteiger partial charge in [0.1, 0.15) is 12.0 Å². The van der Waals surface area contributed by atoms with Crippen molar-refractivity contribution in [2.45, 2.75) is 12.7 Å². The fraction of sp³-hybridized carbons (Fsp3) is 0.286. The van der Waals surface area contributed by atoms with Gasteiger partial charge >= 0.3 is 12.1 Å². The number of nitrogens with zero attached hydrogens (tertiary/aromatic N) is 2. The van der Waals surface area contributed by atoms with Crippen molar-refractivity contribution < 1.29 is 23.1 Å². The summed E-state index contributed by atoms with van der Waals surface area (Å²) in [6.07, 6.45) is -4.64. The van der Waals surface area contributed by atoms with E-state index < -0.39 is 29.9 Å². The fourth-order valence-electron chi connectivity index (χ4n) is 0.861. The highest BCUT2D eigenvalue weighted by Gasteiger charge is 2.33. The lowest BCUT2D eigenvalue weighted by Gasteiger charge is -2.08. The minimum Gasteiger partial charge on any atom is -0.480 e. The topological polar surface area (TPSA) is 79.0 Å². The average Bonchev–Trinajstić information content (AvgIpc) is 2.06. The third-order valence-electron chi connectivity index (χ3n) is 1.48. The Bertz CT molecular complexity index is 438. The molecule has 0 amide bonds. The molecule has 15 heavy (non-hydrogen) atoms. The SMILES string of the molecule is N=c1ccc(C(F)(F)F)nn1CC(=O)O. The van der Waals surface area contributed by atoms with Crippen LogP contribution in [0.15, 0.2) is 12.1 Å². The number of aromatic nitrogens is 2. The predicted octanol–water partition coefficient (Wildman–Crippen LogP) is 0.466. The normalized spacial score (nSPS) is 11.4. The second-order valence-electron chi connectivity index (χ2n) is 2.65. The molecule has 0 unspecified atom stereocenters. The quantitative estimate of drug-likeness (QED) is 0.761. The molecule has 0 spiro atoms. The molecule has 2 N–H and O–H groups in total. The highest BCUT2D eigenvalue weighted by molar-refractivity contribution is 5.66. The van der Waals surface area contributed by atoms with E-state index in [1.807, 2.05) is 0 Å². The van der Waals surface area contributed by atoms with Gasteiger partial charge in [0.25, 0.3) is 0 Å². The van der Waals surface area contributed by atoms with Crippen LogP contribution < -0.4 is 5.49 Å². The Morgan fingerprint density at radius 1 is 1.53 bits per heavy atom. The van der Waals surface area contributed by atoms with E-state index in [1.165, 1.54) is 0 Å². The van der Waals surface area contributed by atoms with Crippen LogP contribution in [-0.2, 0) is 17.5 Å². The van der Waals surface area contributed by atoms with E-state index >= 15 is 0 Å². The van der Waals surface area contributed by atoms with Crippen molar-refractivity contribution >= 4 is 5.97 Å². The van der Waals surface area contributed by atoms with E-state index in [2.05, 4.69) is 5.10 Å². The zero-order chi connectivity index (χ0) is 11.6. The van der Waals surface area contributed by atoms with Crippen LogP contribution in [0.25, 0.3) is 0 Å². The molecule has 0 saturated heterocycles. The molecule has 0 aliphatic heterocycles. The van der Waals surface area contributed by atoms with Crippen LogP contribution in [0.2, 0.25) is 0 Å². The number of carbonyl (C=O) groups is 1. The molecule has 0 aliphatic carbocycles. The summed E-state index contributed by atoms with van der Waals surface area (Å²) in [5.41, 5.74) is -1.62. The Kier molecular flexibility index (Phi) is 2.78. The van der Waals surface area contributed by atoms with Crippen molar-refractivity contribution in [3.05, 3.63) is 23.3 Å². The summed E-state index contributed by atoms with van der Waals surface area (Å²) in [6, 6.07) is 1.47. The van der Waals surface area contributed by atoms with Crippen LogP contribution in [0.1, 0.15) is 5.69 Å². The summed E-state index contributed by atoms with van der Waals surface area (Å²) in [5.74, 6) is -1.36. The maximum atomic E-state index is 12.2. The van der Waals surface area contributed by atoms with Gasteiger partial charge in [0.2, 0.25) is 0 Å². The highest BCUT2D eigenvalue weighted by Crippen LogP contribution is 2.26. The van der Waals surface area contributed by atoms with Gasteiger partial charge in [0, 0.05) is 0 Å². The molecule has 0 aliphatic rings. The zero-order valence-corrected chi connectivity index (χ0v) is 7.25. The minimum absolute atomic E-state index is 0.398. The number of carboxylic acids is 1. The Hall–Kier alpha value is -1.86. The van der Waals surface area contributed by atoms with Crippen LogP contribution in [0.4, 0.5) is 13.2 Å². The largest absolute Gasteiger partial charge is 0.480 e. The van der Waals surface area contributed by atoms with Gasteiger partial charge in [-0.25, -0.2) is 4.68 Å². The fourth-order valence-corrected chi connectivity index (χ4v) is 0.861. The molecule has 82 valence electrons. The summed E-state index contributed by atoms with van der Waals surface area (Å²) >= 11 is 0. The van der Waals surface area contributed by atoms with Gasteiger partial charge in [-0.1, -0.05) is 0 Å². The molecule has 1 aromatic heterocycles. The van der Waals surface area contributed by atoms with E-state index in [-0.39, 0.29) is 0 Å². The molecule has 1 heterocycles. The Balaban J connectivity index is 3.17. The second kappa shape index (κ2) is 3.71. The Morgan fingerprint density at radius 2 is 2.13 bits per heavy atom. The summed E-state index contributed by atoms with van der Waals surface area (Å²) < 4.78 is 36.9. The number of aliphatic carboxylic acids is 1. The molecule has 0 aromatic carbocycles. The first-order chi connectivity index (χ1) is 6.80. The van der Waals surface area contributed by atoms with E-state index in [0.717, 1.165) is 6.07 Å². The number of rotatable bonds is 2. The molecule has 0 bridgehead atoms. The third kappa shape index (κ3) is 2.79. The number of halogens is 3. The van der Waals surface area contributed by atoms with Crippen molar-refractivity contribution in [2.24, 2.45) is 0 Å². The Labute approximate surface area is 81.3 Å². The number of nitrogens with one attached hydrogen (secondary N) is 1. The molecular formula is C7H6F3N3O2. The van der Waals surface area contributed by atoms with Gasteiger partial charge < -0.3 is 5.11 Å². The Morgan fingerprint density at radius 3 is 2.60 bits per heavy atom.